The first-order chi connectivity index (χ1) is 21.5. The molecule has 45 heavy (non-hydrogen) atoms. The molecular weight excluding hydrogens is 576 g/mol. The first kappa shape index (κ1) is 34.3. The molecule has 2 aliphatic rings. The molecule has 3 amide bonds. The molecule has 248 valence electrons. The number of nitrogens with one attached hydrogen (secondary N) is 2. The molecule has 0 saturated heterocycles. The number of anilines is 1. The molecule has 0 fully saturated rings. The molecule has 2 aromatic carbocycles. The Kier molecular flexibility index (Phi) is 12.3. The third-order valence-corrected chi connectivity index (χ3v) is 8.11. The van der Waals surface area contributed by atoms with Crippen molar-refractivity contribution in [2.45, 2.75) is 84.7 Å². The Morgan fingerprint density at radius 2 is 1.82 bits per heavy atom. The molecule has 2 aliphatic heterocycles. The van der Waals surface area contributed by atoms with Crippen LogP contribution in [0.5, 0.6) is 17.2 Å². The van der Waals surface area contributed by atoms with Crippen molar-refractivity contribution in [2.24, 2.45) is 5.92 Å². The van der Waals surface area contributed by atoms with E-state index < -0.39 is 6.04 Å². The Labute approximate surface area is 267 Å². The first-order valence-electron chi connectivity index (χ1n) is 16.0. The van der Waals surface area contributed by atoms with Crippen LogP contribution in [0.4, 0.5) is 10.5 Å². The number of rotatable bonds is 8. The maximum Gasteiger partial charge on any atom is 0.319 e. The highest BCUT2D eigenvalue weighted by Gasteiger charge is 2.30. The summed E-state index contributed by atoms with van der Waals surface area (Å²) in [6, 6.07) is 10.3. The molecule has 0 aliphatic carbocycles. The van der Waals surface area contributed by atoms with Crippen LogP contribution >= 0.6 is 0 Å². The number of hydrogen-bond donors (Lipinski definition) is 3. The Balaban J connectivity index is 1.57. The van der Waals surface area contributed by atoms with E-state index in [1.54, 1.807) is 23.1 Å². The molecule has 2 aromatic rings. The zero-order valence-electron chi connectivity index (χ0n) is 27.5. The lowest BCUT2D eigenvalue weighted by atomic mass is 10.0. The van der Waals surface area contributed by atoms with Crippen molar-refractivity contribution in [3.05, 3.63) is 47.5 Å². The number of ether oxygens (including phenoxy) is 4. The first-order valence-corrected chi connectivity index (χ1v) is 16.0. The van der Waals surface area contributed by atoms with Crippen molar-refractivity contribution in [3.63, 3.8) is 0 Å². The Hall–Kier alpha value is -3.54. The minimum Gasteiger partial charge on any atom is -0.490 e. The standard InChI is InChI=1S/C34H50N4O7/c1-22(2)35-34(41)36-27-11-13-29-28(16-27)33(40)38(24(4)20-39)17-23(3)32(42-14-8-7-9-25(5)45-29)19-37(6)18-26-10-12-30-31(15-26)44-21-43-30/h10-13,15-16,22-25,32,39H,7-9,14,17-21H2,1-6H3,(H2,35,36,41)/t23-,24-,25+,32+/m0/s1. The molecule has 0 saturated carbocycles. The number of carbonyl (C=O) groups is 2. The number of nitrogens with zero attached hydrogens (tertiary/aromatic N) is 2. The monoisotopic (exact) mass is 626 g/mol. The van der Waals surface area contributed by atoms with Gasteiger partial charge in [-0.15, -0.1) is 0 Å². The third kappa shape index (κ3) is 9.72. The van der Waals surface area contributed by atoms with Crippen molar-refractivity contribution in [1.29, 1.82) is 0 Å². The third-order valence-electron chi connectivity index (χ3n) is 8.11. The maximum atomic E-state index is 14.3. The summed E-state index contributed by atoms with van der Waals surface area (Å²) < 4.78 is 23.8. The number of amides is 3. The van der Waals surface area contributed by atoms with Crippen LogP contribution in [0.15, 0.2) is 36.4 Å². The van der Waals surface area contributed by atoms with Gasteiger partial charge in [-0.2, -0.15) is 0 Å². The van der Waals surface area contributed by atoms with Gasteiger partial charge < -0.3 is 39.6 Å². The fourth-order valence-electron chi connectivity index (χ4n) is 5.61. The van der Waals surface area contributed by atoms with Gasteiger partial charge in [0.25, 0.3) is 5.91 Å². The maximum absolute atomic E-state index is 14.3. The van der Waals surface area contributed by atoms with E-state index in [-0.39, 0.29) is 49.5 Å². The highest BCUT2D eigenvalue weighted by molar-refractivity contribution is 5.99. The van der Waals surface area contributed by atoms with Gasteiger partial charge in [-0.05, 0) is 89.9 Å². The van der Waals surface area contributed by atoms with Crippen molar-refractivity contribution in [3.8, 4) is 17.2 Å². The Morgan fingerprint density at radius 3 is 2.58 bits per heavy atom. The fourth-order valence-corrected chi connectivity index (χ4v) is 5.61. The molecule has 4 atom stereocenters. The van der Waals surface area contributed by atoms with E-state index in [0.29, 0.717) is 43.2 Å². The summed E-state index contributed by atoms with van der Waals surface area (Å²) in [5.41, 5.74) is 1.93. The number of aliphatic hydroxyl groups is 1. The molecule has 0 unspecified atom stereocenters. The second-order valence-electron chi connectivity index (χ2n) is 12.6. The zero-order chi connectivity index (χ0) is 32.5. The molecular formula is C34H50N4O7. The molecule has 11 nitrogen and oxygen atoms in total. The van der Waals surface area contributed by atoms with Crippen molar-refractivity contribution < 1.29 is 33.6 Å². The van der Waals surface area contributed by atoms with E-state index in [4.69, 9.17) is 18.9 Å². The summed E-state index contributed by atoms with van der Waals surface area (Å²) in [4.78, 5) is 30.6. The molecule has 2 heterocycles. The van der Waals surface area contributed by atoms with Crippen LogP contribution in [0.25, 0.3) is 0 Å². The van der Waals surface area contributed by atoms with Gasteiger partial charge >= 0.3 is 6.03 Å². The normalized spacial score (nSPS) is 21.6. The Morgan fingerprint density at radius 1 is 1.07 bits per heavy atom. The molecule has 11 heteroatoms. The fraction of sp³-hybridized carbons (Fsp3) is 0.588. The number of fused-ring (bicyclic) bond motifs is 2. The molecule has 3 N–H and O–H groups in total. The summed E-state index contributed by atoms with van der Waals surface area (Å²) >= 11 is 0. The van der Waals surface area contributed by atoms with E-state index in [1.807, 2.05) is 45.9 Å². The summed E-state index contributed by atoms with van der Waals surface area (Å²) in [5, 5.41) is 15.8. The lowest BCUT2D eigenvalue weighted by molar-refractivity contribution is -0.0177. The van der Waals surface area contributed by atoms with Gasteiger partial charge in [0.2, 0.25) is 6.79 Å². The van der Waals surface area contributed by atoms with Gasteiger partial charge in [-0.3, -0.25) is 9.69 Å². The highest BCUT2D eigenvalue weighted by atomic mass is 16.7. The number of likely N-dealkylation sites (N-methyl/N-ethyl adjacent to an activating group) is 1. The smallest absolute Gasteiger partial charge is 0.319 e. The van der Waals surface area contributed by atoms with E-state index in [0.717, 1.165) is 36.3 Å². The van der Waals surface area contributed by atoms with Crippen LogP contribution < -0.4 is 24.8 Å². The number of carbonyl (C=O) groups excluding carboxylic acids is 2. The SMILES string of the molecule is CC(C)NC(=O)Nc1ccc2c(c1)C(=O)N([C@@H](C)CO)C[C@H](C)[C@@H](CN(C)Cc1ccc3c(c1)OCO3)OCCCC[C@@H](C)O2. The minimum atomic E-state index is -0.453. The van der Waals surface area contributed by atoms with Gasteiger partial charge in [0.1, 0.15) is 5.75 Å². The van der Waals surface area contributed by atoms with Crippen LogP contribution in [0.1, 0.15) is 69.8 Å². The number of urea groups is 1. The van der Waals surface area contributed by atoms with Crippen molar-refractivity contribution in [1.82, 2.24) is 15.1 Å². The lowest BCUT2D eigenvalue weighted by Gasteiger charge is -2.36. The van der Waals surface area contributed by atoms with Crippen LogP contribution in [0.3, 0.4) is 0 Å². The zero-order valence-corrected chi connectivity index (χ0v) is 27.5. The van der Waals surface area contributed by atoms with Crippen molar-refractivity contribution in [2.75, 3.05) is 45.5 Å². The van der Waals surface area contributed by atoms with E-state index in [9.17, 15) is 14.7 Å². The average Bonchev–Trinajstić information content (AvgIpc) is 3.46. The Bertz CT molecular complexity index is 1290. The van der Waals surface area contributed by atoms with Gasteiger partial charge in [0, 0.05) is 43.9 Å². The highest BCUT2D eigenvalue weighted by Crippen LogP contribution is 2.33. The molecule has 0 spiro atoms. The molecule has 0 aromatic heterocycles. The molecule has 0 radical (unpaired) electrons. The minimum absolute atomic E-state index is 0.0401. The quantitative estimate of drug-likeness (QED) is 0.380. The largest absolute Gasteiger partial charge is 0.490 e. The van der Waals surface area contributed by atoms with E-state index in [2.05, 4.69) is 29.5 Å². The summed E-state index contributed by atoms with van der Waals surface area (Å²) in [6.45, 7) is 12.0. The predicted octanol–water partition coefficient (Wildman–Crippen LogP) is 4.87. The number of hydrogen-bond acceptors (Lipinski definition) is 8. The molecule has 4 rings (SSSR count). The van der Waals surface area contributed by atoms with Gasteiger partial charge in [0.15, 0.2) is 11.5 Å². The summed E-state index contributed by atoms with van der Waals surface area (Å²) in [5.74, 6) is 1.65. The predicted molar refractivity (Wildman–Crippen MR) is 173 cm³/mol. The van der Waals surface area contributed by atoms with Gasteiger partial charge in [0.05, 0.1) is 30.4 Å². The van der Waals surface area contributed by atoms with Crippen molar-refractivity contribution >= 4 is 17.6 Å². The van der Waals surface area contributed by atoms with Crippen LogP contribution in [0, 0.1) is 5.92 Å². The number of aliphatic hydroxyl groups excluding tert-OH is 1. The number of benzene rings is 2. The van der Waals surface area contributed by atoms with Crippen LogP contribution in [-0.4, -0.2) is 91.3 Å². The molecule has 0 bridgehead atoms. The average molecular weight is 627 g/mol. The van der Waals surface area contributed by atoms with E-state index in [1.165, 1.54) is 0 Å². The van der Waals surface area contributed by atoms with Crippen LogP contribution in [-0.2, 0) is 11.3 Å². The van der Waals surface area contributed by atoms with E-state index >= 15 is 0 Å². The van der Waals surface area contributed by atoms with Crippen LogP contribution in [0.2, 0.25) is 0 Å². The topological polar surface area (TPSA) is 122 Å². The van der Waals surface area contributed by atoms with Gasteiger partial charge in [-0.1, -0.05) is 13.0 Å². The summed E-state index contributed by atoms with van der Waals surface area (Å²) in [7, 11) is 2.06. The summed E-state index contributed by atoms with van der Waals surface area (Å²) in [6.07, 6.45) is 2.32. The van der Waals surface area contributed by atoms with Gasteiger partial charge in [-0.25, -0.2) is 4.79 Å². The second kappa shape index (κ2) is 16.1. The lowest BCUT2D eigenvalue weighted by Crippen LogP contribution is -2.47. The second-order valence-corrected chi connectivity index (χ2v) is 12.6.